The first-order chi connectivity index (χ1) is 7.65. The van der Waals surface area contributed by atoms with Crippen molar-refractivity contribution in [2.75, 3.05) is 6.61 Å². The number of ether oxygens (including phenoxy) is 1. The van der Waals surface area contributed by atoms with Gasteiger partial charge in [0.25, 0.3) is 0 Å². The van der Waals surface area contributed by atoms with Crippen LogP contribution < -0.4 is 5.32 Å². The second-order valence-corrected chi connectivity index (χ2v) is 6.93. The normalized spacial score (nSPS) is 27.9. The summed E-state index contributed by atoms with van der Waals surface area (Å²) in [6.45, 7) is 5.28. The molecule has 0 aromatic carbocycles. The van der Waals surface area contributed by atoms with Crippen molar-refractivity contribution in [1.29, 1.82) is 0 Å². The van der Waals surface area contributed by atoms with Gasteiger partial charge < -0.3 is 10.1 Å². The molecule has 1 N–H and O–H groups in total. The number of hydrogen-bond acceptors (Lipinski definition) is 3. The number of rotatable bonds is 3. The molecule has 0 amide bonds. The molecule has 1 fully saturated rings. The highest BCUT2D eigenvalue weighted by Crippen LogP contribution is 2.28. The second kappa shape index (κ2) is 5.63. The van der Waals surface area contributed by atoms with Crippen LogP contribution in [0.5, 0.6) is 0 Å². The lowest BCUT2D eigenvalue weighted by Crippen LogP contribution is -2.39. The summed E-state index contributed by atoms with van der Waals surface area (Å²) >= 11 is 5.31. The Bertz CT molecular complexity index is 342. The quantitative estimate of drug-likeness (QED) is 0.919. The Morgan fingerprint density at radius 2 is 2.38 bits per heavy atom. The third-order valence-electron chi connectivity index (χ3n) is 2.99. The molecule has 0 bridgehead atoms. The lowest BCUT2D eigenvalue weighted by molar-refractivity contribution is 0.0116. The molecule has 4 heteroatoms. The maximum Gasteiger partial charge on any atom is 0.0701 e. The van der Waals surface area contributed by atoms with Crippen molar-refractivity contribution in [2.45, 2.75) is 44.9 Å². The van der Waals surface area contributed by atoms with Gasteiger partial charge in [0, 0.05) is 23.6 Å². The number of hydrogen-bond donors (Lipinski definition) is 1. The van der Waals surface area contributed by atoms with Crippen molar-refractivity contribution in [3.05, 3.63) is 20.8 Å². The van der Waals surface area contributed by atoms with Crippen LogP contribution in [-0.2, 0) is 4.74 Å². The van der Waals surface area contributed by atoms with Crippen molar-refractivity contribution < 1.29 is 4.74 Å². The Morgan fingerprint density at radius 1 is 1.56 bits per heavy atom. The van der Waals surface area contributed by atoms with Crippen LogP contribution in [0.25, 0.3) is 0 Å². The lowest BCUT2D eigenvalue weighted by Gasteiger charge is -2.30. The molecule has 0 saturated carbocycles. The molecular weight excluding hydrogens is 286 g/mol. The Morgan fingerprint density at radius 3 is 3.00 bits per heavy atom. The lowest BCUT2D eigenvalue weighted by atomic mass is 10.0. The predicted octanol–water partition coefficient (Wildman–Crippen LogP) is 3.73. The van der Waals surface area contributed by atoms with Crippen LogP contribution in [-0.4, -0.2) is 18.8 Å². The molecule has 3 atom stereocenters. The van der Waals surface area contributed by atoms with E-state index in [2.05, 4.69) is 47.2 Å². The van der Waals surface area contributed by atoms with Gasteiger partial charge in [-0.3, -0.25) is 0 Å². The Labute approximate surface area is 110 Å². The number of halogens is 1. The molecule has 1 aromatic rings. The average molecular weight is 304 g/mol. The molecule has 0 radical (unpaired) electrons. The average Bonchev–Trinajstić information content (AvgIpc) is 2.65. The first-order valence-corrected chi connectivity index (χ1v) is 7.39. The van der Waals surface area contributed by atoms with Gasteiger partial charge in [-0.15, -0.1) is 11.3 Å². The molecule has 1 aliphatic heterocycles. The minimum atomic E-state index is 0.397. The van der Waals surface area contributed by atoms with E-state index in [9.17, 15) is 0 Å². The molecule has 1 aromatic heterocycles. The summed E-state index contributed by atoms with van der Waals surface area (Å²) in [6.07, 6.45) is 2.64. The standard InChI is InChI=1S/C12H18BrNOS/c1-8-7-10(5-6-15-8)14-9(2)11-3-4-12(13)16-11/h3-4,8-10,14H,5-7H2,1-2H3. The van der Waals surface area contributed by atoms with E-state index in [0.29, 0.717) is 18.2 Å². The zero-order chi connectivity index (χ0) is 11.5. The van der Waals surface area contributed by atoms with Gasteiger partial charge in [-0.2, -0.15) is 0 Å². The summed E-state index contributed by atoms with van der Waals surface area (Å²) in [5.41, 5.74) is 0. The molecule has 1 saturated heterocycles. The SMILES string of the molecule is CC1CC(NC(C)c2ccc(Br)s2)CCO1. The largest absolute Gasteiger partial charge is 0.378 e. The molecule has 0 spiro atoms. The topological polar surface area (TPSA) is 21.3 Å². The summed E-state index contributed by atoms with van der Waals surface area (Å²) in [6, 6.07) is 5.34. The maximum atomic E-state index is 5.55. The molecule has 0 aliphatic carbocycles. The van der Waals surface area contributed by atoms with Gasteiger partial charge >= 0.3 is 0 Å². The molecular formula is C12H18BrNOS. The Balaban J connectivity index is 1.89. The van der Waals surface area contributed by atoms with E-state index in [0.717, 1.165) is 19.4 Å². The van der Waals surface area contributed by atoms with Crippen LogP contribution in [0.3, 0.4) is 0 Å². The van der Waals surface area contributed by atoms with Crippen LogP contribution in [0.2, 0.25) is 0 Å². The van der Waals surface area contributed by atoms with E-state index in [4.69, 9.17) is 4.74 Å². The van der Waals surface area contributed by atoms with E-state index >= 15 is 0 Å². The minimum Gasteiger partial charge on any atom is -0.378 e. The first kappa shape index (κ1) is 12.6. The third kappa shape index (κ3) is 3.29. The van der Waals surface area contributed by atoms with Crippen LogP contribution in [0, 0.1) is 0 Å². The molecule has 90 valence electrons. The zero-order valence-corrected chi connectivity index (χ0v) is 12.1. The maximum absolute atomic E-state index is 5.55. The second-order valence-electron chi connectivity index (χ2n) is 4.43. The van der Waals surface area contributed by atoms with Crippen LogP contribution in [0.1, 0.15) is 37.6 Å². The summed E-state index contributed by atoms with van der Waals surface area (Å²) in [5.74, 6) is 0. The summed E-state index contributed by atoms with van der Waals surface area (Å²) in [5, 5.41) is 3.69. The summed E-state index contributed by atoms with van der Waals surface area (Å²) in [4.78, 5) is 1.39. The Hall–Kier alpha value is 0.1000. The van der Waals surface area contributed by atoms with Crippen LogP contribution >= 0.6 is 27.3 Å². The Kier molecular flexibility index (Phi) is 4.41. The van der Waals surface area contributed by atoms with Gasteiger partial charge in [0.1, 0.15) is 0 Å². The van der Waals surface area contributed by atoms with Crippen molar-refractivity contribution in [1.82, 2.24) is 5.32 Å². The van der Waals surface area contributed by atoms with Crippen molar-refractivity contribution in [2.24, 2.45) is 0 Å². The fourth-order valence-electron chi connectivity index (χ4n) is 2.15. The molecule has 2 nitrogen and oxygen atoms in total. The van der Waals surface area contributed by atoms with Gasteiger partial charge in [-0.05, 0) is 54.8 Å². The fourth-order valence-corrected chi connectivity index (χ4v) is 3.58. The van der Waals surface area contributed by atoms with Gasteiger partial charge in [-0.25, -0.2) is 0 Å². The van der Waals surface area contributed by atoms with E-state index < -0.39 is 0 Å². The molecule has 1 aliphatic rings. The van der Waals surface area contributed by atoms with E-state index in [-0.39, 0.29) is 0 Å². The predicted molar refractivity (Wildman–Crippen MR) is 72.0 cm³/mol. The highest BCUT2D eigenvalue weighted by molar-refractivity contribution is 9.11. The van der Waals surface area contributed by atoms with Crippen LogP contribution in [0.4, 0.5) is 0 Å². The van der Waals surface area contributed by atoms with Crippen molar-refractivity contribution in [3.63, 3.8) is 0 Å². The third-order valence-corrected chi connectivity index (χ3v) is 4.80. The highest BCUT2D eigenvalue weighted by atomic mass is 79.9. The minimum absolute atomic E-state index is 0.397. The monoisotopic (exact) mass is 303 g/mol. The zero-order valence-electron chi connectivity index (χ0n) is 9.70. The highest BCUT2D eigenvalue weighted by Gasteiger charge is 2.21. The van der Waals surface area contributed by atoms with E-state index in [1.165, 1.54) is 8.66 Å². The number of nitrogens with one attached hydrogen (secondary N) is 1. The molecule has 2 heterocycles. The fraction of sp³-hybridized carbons (Fsp3) is 0.667. The number of thiophene rings is 1. The van der Waals surface area contributed by atoms with Gasteiger partial charge in [0.15, 0.2) is 0 Å². The van der Waals surface area contributed by atoms with E-state index in [1.54, 1.807) is 0 Å². The smallest absolute Gasteiger partial charge is 0.0701 e. The van der Waals surface area contributed by atoms with Crippen LogP contribution in [0.15, 0.2) is 15.9 Å². The molecule has 2 rings (SSSR count). The van der Waals surface area contributed by atoms with E-state index in [1.807, 2.05) is 11.3 Å². The summed E-state index contributed by atoms with van der Waals surface area (Å²) in [7, 11) is 0. The first-order valence-electron chi connectivity index (χ1n) is 5.78. The van der Waals surface area contributed by atoms with Gasteiger partial charge in [-0.1, -0.05) is 0 Å². The molecule has 3 unspecified atom stereocenters. The summed E-state index contributed by atoms with van der Waals surface area (Å²) < 4.78 is 6.76. The molecule has 16 heavy (non-hydrogen) atoms. The van der Waals surface area contributed by atoms with Crippen molar-refractivity contribution >= 4 is 27.3 Å². The van der Waals surface area contributed by atoms with Crippen molar-refractivity contribution in [3.8, 4) is 0 Å². The van der Waals surface area contributed by atoms with Gasteiger partial charge in [0.05, 0.1) is 9.89 Å². The van der Waals surface area contributed by atoms with Gasteiger partial charge in [0.2, 0.25) is 0 Å².